The van der Waals surface area contributed by atoms with Crippen molar-refractivity contribution in [2.24, 2.45) is 0 Å². The summed E-state index contributed by atoms with van der Waals surface area (Å²) in [6, 6.07) is 0. The molecule has 1 N–H and O–H groups in total. The van der Waals surface area contributed by atoms with Crippen LogP contribution >= 0.6 is 11.3 Å². The van der Waals surface area contributed by atoms with Crippen molar-refractivity contribution in [3.05, 3.63) is 15.8 Å². The van der Waals surface area contributed by atoms with Crippen molar-refractivity contribution in [2.45, 2.75) is 27.2 Å². The van der Waals surface area contributed by atoms with E-state index < -0.39 is 0 Å². The highest BCUT2D eigenvalue weighted by molar-refractivity contribution is 7.13. The van der Waals surface area contributed by atoms with Crippen LogP contribution in [0, 0.1) is 6.92 Å². The van der Waals surface area contributed by atoms with Gasteiger partial charge in [-0.1, -0.05) is 6.92 Å². The van der Waals surface area contributed by atoms with Crippen molar-refractivity contribution in [3.63, 3.8) is 0 Å². The van der Waals surface area contributed by atoms with Crippen molar-refractivity contribution >= 4 is 28.7 Å². The lowest BCUT2D eigenvalue weighted by Gasteiger charge is -2.04. The molecular weight excluding hydrogens is 198 g/mol. The number of carbonyl (C=O) groups excluding carboxylic acids is 2. The molecule has 0 saturated heterocycles. The summed E-state index contributed by atoms with van der Waals surface area (Å²) in [7, 11) is 0. The van der Waals surface area contributed by atoms with Gasteiger partial charge in [-0.15, -0.1) is 11.3 Å². The summed E-state index contributed by atoms with van der Waals surface area (Å²) in [6.45, 7) is 5.17. The Kier molecular flexibility index (Phi) is 3.41. The number of amides is 1. The van der Waals surface area contributed by atoms with Crippen LogP contribution in [-0.4, -0.2) is 11.7 Å². The first-order chi connectivity index (χ1) is 6.56. The van der Waals surface area contributed by atoms with Gasteiger partial charge < -0.3 is 5.32 Å². The van der Waals surface area contributed by atoms with E-state index >= 15 is 0 Å². The molecule has 0 radical (unpaired) electrons. The predicted octanol–water partition coefficient (Wildman–Crippen LogP) is 2.61. The number of aryl methyl sites for hydroxylation is 1. The van der Waals surface area contributed by atoms with Crippen molar-refractivity contribution in [3.8, 4) is 0 Å². The summed E-state index contributed by atoms with van der Waals surface area (Å²) < 4.78 is 0. The molecule has 0 unspecified atom stereocenters. The van der Waals surface area contributed by atoms with Gasteiger partial charge in [-0.25, -0.2) is 0 Å². The molecular formula is C10H13NO2S. The molecule has 0 atom stereocenters. The van der Waals surface area contributed by atoms with Crippen molar-refractivity contribution in [1.29, 1.82) is 0 Å². The number of hydrogen-bond donors (Lipinski definition) is 1. The lowest BCUT2D eigenvalue weighted by molar-refractivity contribution is -0.115. The van der Waals surface area contributed by atoms with Crippen molar-refractivity contribution in [1.82, 2.24) is 0 Å². The lowest BCUT2D eigenvalue weighted by atomic mass is 10.2. The average molecular weight is 211 g/mol. The van der Waals surface area contributed by atoms with Gasteiger partial charge in [0.15, 0.2) is 5.78 Å². The van der Waals surface area contributed by atoms with Gasteiger partial charge in [0.05, 0.1) is 10.6 Å². The molecule has 0 aliphatic carbocycles. The molecule has 0 saturated carbocycles. The normalized spacial score (nSPS) is 9.93. The smallest absolute Gasteiger partial charge is 0.224 e. The third-order valence-corrected chi connectivity index (χ3v) is 3.08. The fraction of sp³-hybridized carbons (Fsp3) is 0.400. The van der Waals surface area contributed by atoms with E-state index in [9.17, 15) is 9.59 Å². The van der Waals surface area contributed by atoms with Gasteiger partial charge in [0.1, 0.15) is 0 Å². The second-order valence-corrected chi connectivity index (χ2v) is 3.96. The van der Waals surface area contributed by atoms with E-state index in [0.717, 1.165) is 5.56 Å². The summed E-state index contributed by atoms with van der Waals surface area (Å²) >= 11 is 1.37. The zero-order chi connectivity index (χ0) is 10.7. The second kappa shape index (κ2) is 4.37. The fourth-order valence-corrected chi connectivity index (χ4v) is 1.99. The van der Waals surface area contributed by atoms with Crippen LogP contribution in [0.4, 0.5) is 5.69 Å². The van der Waals surface area contributed by atoms with E-state index in [0.29, 0.717) is 17.0 Å². The molecule has 1 aromatic heterocycles. The molecule has 1 heterocycles. The van der Waals surface area contributed by atoms with E-state index in [1.54, 1.807) is 6.92 Å². The Balaban J connectivity index is 2.99. The zero-order valence-corrected chi connectivity index (χ0v) is 9.33. The Morgan fingerprint density at radius 3 is 2.64 bits per heavy atom. The summed E-state index contributed by atoms with van der Waals surface area (Å²) in [6.07, 6.45) is 0.423. The highest BCUT2D eigenvalue weighted by Crippen LogP contribution is 2.27. The number of carbonyl (C=O) groups is 2. The van der Waals surface area contributed by atoms with Gasteiger partial charge >= 0.3 is 0 Å². The van der Waals surface area contributed by atoms with Crippen LogP contribution < -0.4 is 5.32 Å². The second-order valence-electron chi connectivity index (χ2n) is 3.08. The molecule has 4 heteroatoms. The van der Waals surface area contributed by atoms with Crippen molar-refractivity contribution in [2.75, 3.05) is 5.32 Å². The van der Waals surface area contributed by atoms with Crippen LogP contribution in [0.1, 0.15) is 35.5 Å². The zero-order valence-electron chi connectivity index (χ0n) is 8.51. The molecule has 0 aromatic carbocycles. The SMILES string of the molecule is CCC(=O)Nc1c(C)csc1C(C)=O. The molecule has 0 spiro atoms. The molecule has 0 aliphatic heterocycles. The molecule has 1 aromatic rings. The van der Waals surface area contributed by atoms with Crippen LogP contribution in [0.5, 0.6) is 0 Å². The van der Waals surface area contributed by atoms with Gasteiger partial charge in [0.25, 0.3) is 0 Å². The third kappa shape index (κ3) is 2.20. The van der Waals surface area contributed by atoms with Crippen molar-refractivity contribution < 1.29 is 9.59 Å². The fourth-order valence-electron chi connectivity index (χ4n) is 1.09. The summed E-state index contributed by atoms with van der Waals surface area (Å²) in [5.41, 5.74) is 1.62. The number of Topliss-reactive ketones (excluding diaryl/α,β-unsaturated/α-hetero) is 1. The number of thiophene rings is 1. The standard InChI is InChI=1S/C10H13NO2S/c1-4-8(13)11-9-6(2)5-14-10(9)7(3)12/h5H,4H2,1-3H3,(H,11,13). The largest absolute Gasteiger partial charge is 0.324 e. The van der Waals surface area contributed by atoms with E-state index in [-0.39, 0.29) is 11.7 Å². The van der Waals surface area contributed by atoms with Crippen LogP contribution in [-0.2, 0) is 4.79 Å². The first-order valence-electron chi connectivity index (χ1n) is 4.45. The lowest BCUT2D eigenvalue weighted by Crippen LogP contribution is -2.11. The number of anilines is 1. The first kappa shape index (κ1) is 10.9. The van der Waals surface area contributed by atoms with E-state index in [1.807, 2.05) is 12.3 Å². The molecule has 0 fully saturated rings. The summed E-state index contributed by atoms with van der Waals surface area (Å²) in [4.78, 5) is 23.0. The Morgan fingerprint density at radius 1 is 1.50 bits per heavy atom. The van der Waals surface area contributed by atoms with Gasteiger partial charge in [-0.05, 0) is 17.9 Å². The van der Waals surface area contributed by atoms with Gasteiger partial charge in [0.2, 0.25) is 5.91 Å². The molecule has 14 heavy (non-hydrogen) atoms. The van der Waals surface area contributed by atoms with Crippen LogP contribution in [0.3, 0.4) is 0 Å². The van der Waals surface area contributed by atoms with Gasteiger partial charge in [-0.3, -0.25) is 9.59 Å². The van der Waals surface area contributed by atoms with Crippen LogP contribution in [0.25, 0.3) is 0 Å². The molecule has 1 rings (SSSR count). The Labute approximate surface area is 87.1 Å². The minimum absolute atomic E-state index is 0.00509. The Hall–Kier alpha value is -1.16. The average Bonchev–Trinajstić information content (AvgIpc) is 2.48. The van der Waals surface area contributed by atoms with Gasteiger partial charge in [0, 0.05) is 13.3 Å². The highest BCUT2D eigenvalue weighted by atomic mass is 32.1. The number of hydrogen-bond acceptors (Lipinski definition) is 3. The molecule has 1 amide bonds. The van der Waals surface area contributed by atoms with E-state index in [4.69, 9.17) is 0 Å². The maximum absolute atomic E-state index is 11.2. The molecule has 0 bridgehead atoms. The first-order valence-corrected chi connectivity index (χ1v) is 5.33. The molecule has 76 valence electrons. The molecule has 0 aliphatic rings. The topological polar surface area (TPSA) is 46.2 Å². The maximum atomic E-state index is 11.2. The van der Waals surface area contributed by atoms with E-state index in [2.05, 4.69) is 5.32 Å². The number of ketones is 1. The number of nitrogens with one attached hydrogen (secondary N) is 1. The predicted molar refractivity (Wildman–Crippen MR) is 58.0 cm³/mol. The van der Waals surface area contributed by atoms with Crippen LogP contribution in [0.15, 0.2) is 5.38 Å². The highest BCUT2D eigenvalue weighted by Gasteiger charge is 2.13. The monoisotopic (exact) mass is 211 g/mol. The minimum Gasteiger partial charge on any atom is -0.324 e. The maximum Gasteiger partial charge on any atom is 0.224 e. The summed E-state index contributed by atoms with van der Waals surface area (Å²) in [5.74, 6) is -0.0662. The molecule has 3 nitrogen and oxygen atoms in total. The van der Waals surface area contributed by atoms with Crippen LogP contribution in [0.2, 0.25) is 0 Å². The number of rotatable bonds is 3. The Morgan fingerprint density at radius 2 is 2.14 bits per heavy atom. The minimum atomic E-state index is -0.0611. The third-order valence-electron chi connectivity index (χ3n) is 1.88. The van der Waals surface area contributed by atoms with E-state index in [1.165, 1.54) is 18.3 Å². The van der Waals surface area contributed by atoms with Gasteiger partial charge in [-0.2, -0.15) is 0 Å². The quantitative estimate of drug-likeness (QED) is 0.781. The Bertz CT molecular complexity index is 368. The summed E-state index contributed by atoms with van der Waals surface area (Å²) in [5, 5.41) is 4.62.